The van der Waals surface area contributed by atoms with Gasteiger partial charge in [0.2, 0.25) is 5.13 Å². The number of morpholine rings is 1. The first-order valence-corrected chi connectivity index (χ1v) is 8.60. The third-order valence-corrected chi connectivity index (χ3v) is 4.48. The smallest absolute Gasteiger partial charge is 0.202 e. The maximum atomic E-state index is 5.35. The average molecular weight is 334 g/mol. The third kappa shape index (κ3) is 4.89. The number of hydrogen-bond donors (Lipinski definition) is 1. The highest BCUT2D eigenvalue weighted by molar-refractivity contribution is 7.09. The van der Waals surface area contributed by atoms with Crippen LogP contribution in [0.2, 0.25) is 0 Å². The number of methoxy groups -OCH3 is 1. The Labute approximate surface area is 140 Å². The van der Waals surface area contributed by atoms with Gasteiger partial charge in [-0.25, -0.2) is 4.98 Å². The molecule has 1 fully saturated rings. The Balaban J connectivity index is 1.47. The quantitative estimate of drug-likeness (QED) is 0.834. The fraction of sp³-hybridized carbons (Fsp3) is 0.500. The van der Waals surface area contributed by atoms with E-state index in [1.807, 2.05) is 18.2 Å². The van der Waals surface area contributed by atoms with E-state index in [9.17, 15) is 0 Å². The minimum Gasteiger partial charge on any atom is -0.497 e. The predicted molar refractivity (Wildman–Crippen MR) is 91.5 cm³/mol. The van der Waals surface area contributed by atoms with Crippen LogP contribution in [0, 0.1) is 0 Å². The summed E-state index contributed by atoms with van der Waals surface area (Å²) < 4.78 is 15.0. The first-order chi connectivity index (χ1) is 11.3. The van der Waals surface area contributed by atoms with Crippen LogP contribution in [-0.4, -0.2) is 60.8 Å². The molecule has 2 heterocycles. The minimum atomic E-state index is 0.721. The first kappa shape index (κ1) is 16.2. The molecule has 1 aliphatic rings. The van der Waals surface area contributed by atoms with Gasteiger partial charge in [-0.3, -0.25) is 4.90 Å². The monoisotopic (exact) mass is 334 g/mol. The van der Waals surface area contributed by atoms with E-state index in [2.05, 4.69) is 25.6 Å². The molecule has 0 saturated carbocycles. The fourth-order valence-electron chi connectivity index (χ4n) is 2.51. The second kappa shape index (κ2) is 8.24. The Morgan fingerprint density at radius 2 is 2.22 bits per heavy atom. The van der Waals surface area contributed by atoms with E-state index >= 15 is 0 Å². The van der Waals surface area contributed by atoms with E-state index in [0.717, 1.165) is 68.1 Å². The van der Waals surface area contributed by atoms with Crippen molar-refractivity contribution in [3.8, 4) is 5.75 Å². The molecule has 0 spiro atoms. The SMILES string of the molecule is COc1cccc(Cc2nsc(NCCN3CCOCC3)n2)c1. The molecule has 0 atom stereocenters. The summed E-state index contributed by atoms with van der Waals surface area (Å²) in [6, 6.07) is 8.01. The molecule has 23 heavy (non-hydrogen) atoms. The van der Waals surface area contributed by atoms with Gasteiger partial charge in [-0.05, 0) is 17.7 Å². The Kier molecular flexibility index (Phi) is 5.79. The molecule has 7 heteroatoms. The number of nitrogens with one attached hydrogen (secondary N) is 1. The normalized spacial score (nSPS) is 15.5. The van der Waals surface area contributed by atoms with Crippen LogP contribution in [0.25, 0.3) is 0 Å². The van der Waals surface area contributed by atoms with Crippen molar-refractivity contribution in [2.24, 2.45) is 0 Å². The lowest BCUT2D eigenvalue weighted by atomic mass is 10.1. The summed E-state index contributed by atoms with van der Waals surface area (Å²) in [6.45, 7) is 5.59. The Morgan fingerprint density at radius 1 is 1.35 bits per heavy atom. The molecule has 1 aromatic carbocycles. The zero-order valence-electron chi connectivity index (χ0n) is 13.3. The molecule has 0 bridgehead atoms. The number of anilines is 1. The van der Waals surface area contributed by atoms with Gasteiger partial charge in [-0.2, -0.15) is 4.37 Å². The largest absolute Gasteiger partial charge is 0.497 e. The highest BCUT2D eigenvalue weighted by Crippen LogP contribution is 2.17. The van der Waals surface area contributed by atoms with Crippen molar-refractivity contribution in [1.29, 1.82) is 0 Å². The third-order valence-electron chi connectivity index (χ3n) is 3.77. The number of ether oxygens (including phenoxy) is 2. The lowest BCUT2D eigenvalue weighted by Crippen LogP contribution is -2.38. The molecule has 6 nitrogen and oxygen atoms in total. The van der Waals surface area contributed by atoms with Crippen molar-refractivity contribution in [2.75, 3.05) is 51.8 Å². The summed E-state index contributed by atoms with van der Waals surface area (Å²) in [4.78, 5) is 6.95. The maximum Gasteiger partial charge on any atom is 0.202 e. The van der Waals surface area contributed by atoms with Crippen LogP contribution in [-0.2, 0) is 11.2 Å². The van der Waals surface area contributed by atoms with Crippen LogP contribution >= 0.6 is 11.5 Å². The van der Waals surface area contributed by atoms with Gasteiger partial charge < -0.3 is 14.8 Å². The van der Waals surface area contributed by atoms with E-state index < -0.39 is 0 Å². The molecular formula is C16H22N4O2S. The Hall–Kier alpha value is -1.70. The second-order valence-electron chi connectivity index (χ2n) is 5.42. The molecule has 124 valence electrons. The highest BCUT2D eigenvalue weighted by Gasteiger charge is 2.10. The van der Waals surface area contributed by atoms with Crippen LogP contribution in [0.15, 0.2) is 24.3 Å². The molecule has 0 radical (unpaired) electrons. The van der Waals surface area contributed by atoms with Gasteiger partial charge in [0.15, 0.2) is 0 Å². The van der Waals surface area contributed by atoms with Crippen LogP contribution in [0.1, 0.15) is 11.4 Å². The summed E-state index contributed by atoms with van der Waals surface area (Å²) in [5.41, 5.74) is 1.15. The van der Waals surface area contributed by atoms with Gasteiger partial charge in [0.1, 0.15) is 11.6 Å². The van der Waals surface area contributed by atoms with Gasteiger partial charge in [0.25, 0.3) is 0 Å². The molecule has 3 rings (SSSR count). The summed E-state index contributed by atoms with van der Waals surface area (Å²) in [7, 11) is 1.68. The average Bonchev–Trinajstić information content (AvgIpc) is 3.03. The minimum absolute atomic E-state index is 0.721. The molecule has 1 N–H and O–H groups in total. The molecule has 1 aromatic heterocycles. The van der Waals surface area contributed by atoms with E-state index in [1.54, 1.807) is 7.11 Å². The summed E-state index contributed by atoms with van der Waals surface area (Å²) in [6.07, 6.45) is 0.721. The molecule has 0 unspecified atom stereocenters. The fourth-order valence-corrected chi connectivity index (χ4v) is 3.12. The van der Waals surface area contributed by atoms with Gasteiger partial charge in [0, 0.05) is 44.1 Å². The van der Waals surface area contributed by atoms with Crippen molar-refractivity contribution in [2.45, 2.75) is 6.42 Å². The topological polar surface area (TPSA) is 59.5 Å². The van der Waals surface area contributed by atoms with E-state index in [0.29, 0.717) is 0 Å². The molecule has 0 aliphatic carbocycles. The lowest BCUT2D eigenvalue weighted by Gasteiger charge is -2.26. The van der Waals surface area contributed by atoms with Crippen molar-refractivity contribution < 1.29 is 9.47 Å². The van der Waals surface area contributed by atoms with Gasteiger partial charge in [0.05, 0.1) is 20.3 Å². The van der Waals surface area contributed by atoms with Crippen LogP contribution in [0.4, 0.5) is 5.13 Å². The standard InChI is InChI=1S/C16H22N4O2S/c1-21-14-4-2-3-13(11-14)12-15-18-16(23-19-15)17-5-6-20-7-9-22-10-8-20/h2-4,11H,5-10,12H2,1H3,(H,17,18,19). The number of hydrogen-bond acceptors (Lipinski definition) is 7. The van der Waals surface area contributed by atoms with Gasteiger partial charge >= 0.3 is 0 Å². The van der Waals surface area contributed by atoms with Gasteiger partial charge in [-0.1, -0.05) is 12.1 Å². The van der Waals surface area contributed by atoms with Crippen LogP contribution in [0.5, 0.6) is 5.75 Å². The molecule has 1 saturated heterocycles. The zero-order valence-corrected chi connectivity index (χ0v) is 14.1. The second-order valence-corrected chi connectivity index (χ2v) is 6.18. The van der Waals surface area contributed by atoms with E-state index in [4.69, 9.17) is 9.47 Å². The zero-order chi connectivity index (χ0) is 15.9. The maximum absolute atomic E-state index is 5.35. The number of nitrogens with zero attached hydrogens (tertiary/aromatic N) is 3. The first-order valence-electron chi connectivity index (χ1n) is 7.83. The van der Waals surface area contributed by atoms with Gasteiger partial charge in [-0.15, -0.1) is 0 Å². The highest BCUT2D eigenvalue weighted by atomic mass is 32.1. The summed E-state index contributed by atoms with van der Waals surface area (Å²) >= 11 is 1.42. The molecule has 0 amide bonds. The number of benzene rings is 1. The summed E-state index contributed by atoms with van der Waals surface area (Å²) in [5.74, 6) is 1.71. The Bertz CT molecular complexity index is 614. The molecule has 1 aliphatic heterocycles. The molecule has 2 aromatic rings. The molecular weight excluding hydrogens is 312 g/mol. The van der Waals surface area contributed by atoms with E-state index in [-0.39, 0.29) is 0 Å². The van der Waals surface area contributed by atoms with Crippen molar-refractivity contribution in [1.82, 2.24) is 14.3 Å². The Morgan fingerprint density at radius 3 is 3.04 bits per heavy atom. The predicted octanol–water partition coefficient (Wildman–Crippen LogP) is 1.88. The van der Waals surface area contributed by atoms with Crippen LogP contribution in [0.3, 0.4) is 0 Å². The number of rotatable bonds is 7. The summed E-state index contributed by atoms with van der Waals surface area (Å²) in [5, 5.41) is 4.24. The van der Waals surface area contributed by atoms with Crippen molar-refractivity contribution >= 4 is 16.7 Å². The number of aromatic nitrogens is 2. The lowest BCUT2D eigenvalue weighted by molar-refractivity contribution is 0.0398. The van der Waals surface area contributed by atoms with Crippen molar-refractivity contribution in [3.63, 3.8) is 0 Å². The van der Waals surface area contributed by atoms with E-state index in [1.165, 1.54) is 11.5 Å². The van der Waals surface area contributed by atoms with Crippen molar-refractivity contribution in [3.05, 3.63) is 35.7 Å². The van der Waals surface area contributed by atoms with Crippen LogP contribution < -0.4 is 10.1 Å².